The van der Waals surface area contributed by atoms with Crippen LogP contribution in [0.25, 0.3) is 0 Å². The number of hydrogen-bond donors (Lipinski definition) is 2. The van der Waals surface area contributed by atoms with E-state index in [0.29, 0.717) is 18.6 Å². The van der Waals surface area contributed by atoms with Crippen LogP contribution in [-0.4, -0.2) is 53.3 Å². The highest BCUT2D eigenvalue weighted by Crippen LogP contribution is 2.32. The minimum Gasteiger partial charge on any atom is -0.388 e. The van der Waals surface area contributed by atoms with Crippen LogP contribution in [0.15, 0.2) is 15.8 Å². The molecule has 1 aromatic heterocycles. The van der Waals surface area contributed by atoms with Crippen molar-refractivity contribution in [3.63, 3.8) is 0 Å². The maximum Gasteiger partial charge on any atom is 0.330 e. The number of aromatic nitrogens is 2. The highest BCUT2D eigenvalue weighted by molar-refractivity contribution is 5.03. The third kappa shape index (κ3) is 3.30. The Balaban J connectivity index is 2.31. The molecule has 0 amide bonds. The largest absolute Gasteiger partial charge is 0.388 e. The van der Waals surface area contributed by atoms with E-state index in [-0.39, 0.29) is 6.61 Å². The molecule has 1 aromatic rings. The molecule has 4 atom stereocenters. The van der Waals surface area contributed by atoms with Gasteiger partial charge in [0.2, 0.25) is 0 Å². The first kappa shape index (κ1) is 16.9. The van der Waals surface area contributed by atoms with Crippen molar-refractivity contribution in [2.24, 2.45) is 0 Å². The van der Waals surface area contributed by atoms with Crippen LogP contribution < -0.4 is 11.2 Å². The number of aromatic amines is 1. The first-order chi connectivity index (χ1) is 10.5. The van der Waals surface area contributed by atoms with Crippen LogP contribution in [0, 0.1) is 6.92 Å². The van der Waals surface area contributed by atoms with Gasteiger partial charge in [-0.15, -0.1) is 0 Å². The Kier molecular flexibility index (Phi) is 5.52. The third-order valence-electron chi connectivity index (χ3n) is 3.73. The van der Waals surface area contributed by atoms with Crippen LogP contribution in [0.1, 0.15) is 25.1 Å². The monoisotopic (exact) mass is 314 g/mol. The summed E-state index contributed by atoms with van der Waals surface area (Å²) in [5, 5.41) is 10.3. The average Bonchev–Trinajstić information content (AvgIpc) is 2.80. The second-order valence-electron chi connectivity index (χ2n) is 5.27. The van der Waals surface area contributed by atoms with Gasteiger partial charge in [0.15, 0.2) is 6.23 Å². The van der Waals surface area contributed by atoms with Crippen LogP contribution in [0.5, 0.6) is 0 Å². The van der Waals surface area contributed by atoms with E-state index in [1.807, 2.05) is 6.92 Å². The molecule has 1 aliphatic heterocycles. The molecule has 2 rings (SSSR count). The van der Waals surface area contributed by atoms with Crippen molar-refractivity contribution in [1.29, 1.82) is 0 Å². The van der Waals surface area contributed by atoms with Gasteiger partial charge in [0.25, 0.3) is 5.56 Å². The molecule has 2 heterocycles. The van der Waals surface area contributed by atoms with E-state index in [1.54, 1.807) is 14.0 Å². The molecular weight excluding hydrogens is 292 g/mol. The Hall–Kier alpha value is -1.48. The molecule has 22 heavy (non-hydrogen) atoms. The van der Waals surface area contributed by atoms with E-state index >= 15 is 0 Å². The van der Waals surface area contributed by atoms with E-state index in [9.17, 15) is 14.7 Å². The summed E-state index contributed by atoms with van der Waals surface area (Å²) in [6.07, 6.45) is -0.784. The van der Waals surface area contributed by atoms with Gasteiger partial charge in [0.05, 0.1) is 19.3 Å². The first-order valence-corrected chi connectivity index (χ1v) is 7.25. The van der Waals surface area contributed by atoms with Crippen molar-refractivity contribution in [2.45, 2.75) is 44.8 Å². The Labute approximate surface area is 127 Å². The zero-order valence-corrected chi connectivity index (χ0v) is 12.9. The smallest absolute Gasteiger partial charge is 0.330 e. The topological polar surface area (TPSA) is 103 Å². The van der Waals surface area contributed by atoms with E-state index < -0.39 is 35.8 Å². The van der Waals surface area contributed by atoms with Gasteiger partial charge in [-0.3, -0.25) is 14.3 Å². The van der Waals surface area contributed by atoms with Crippen molar-refractivity contribution in [3.8, 4) is 0 Å². The van der Waals surface area contributed by atoms with E-state index in [0.717, 1.165) is 0 Å². The summed E-state index contributed by atoms with van der Waals surface area (Å²) in [5.74, 6) is 0. The summed E-state index contributed by atoms with van der Waals surface area (Å²) in [7, 11) is 1.55. The minimum absolute atomic E-state index is 0.269. The van der Waals surface area contributed by atoms with Gasteiger partial charge in [-0.25, -0.2) is 4.79 Å². The van der Waals surface area contributed by atoms with Crippen LogP contribution in [0.4, 0.5) is 0 Å². The Morgan fingerprint density at radius 3 is 2.77 bits per heavy atom. The van der Waals surface area contributed by atoms with Gasteiger partial charge in [-0.1, -0.05) is 6.92 Å². The summed E-state index contributed by atoms with van der Waals surface area (Å²) in [4.78, 5) is 25.7. The number of rotatable bonds is 6. The van der Waals surface area contributed by atoms with Crippen molar-refractivity contribution >= 4 is 0 Å². The summed E-state index contributed by atoms with van der Waals surface area (Å²) in [6.45, 7) is 4.11. The molecular formula is C14H22N2O6. The molecule has 0 radical (unpaired) electrons. The standard InChI is InChI=1S/C14H22N2O6/c1-4-9-10(17)11(21-6-5-20-3)13(22-9)16-7-8(2)12(18)15-14(16)19/h7,9-11,13,17H,4-6H2,1-3H3,(H,15,18,19). The third-order valence-corrected chi connectivity index (χ3v) is 3.73. The number of nitrogens with one attached hydrogen (secondary N) is 1. The summed E-state index contributed by atoms with van der Waals surface area (Å²) >= 11 is 0. The first-order valence-electron chi connectivity index (χ1n) is 7.25. The highest BCUT2D eigenvalue weighted by Gasteiger charge is 2.45. The lowest BCUT2D eigenvalue weighted by Gasteiger charge is -2.22. The molecule has 8 nitrogen and oxygen atoms in total. The lowest BCUT2D eigenvalue weighted by atomic mass is 10.1. The van der Waals surface area contributed by atoms with E-state index in [1.165, 1.54) is 10.8 Å². The fourth-order valence-electron chi connectivity index (χ4n) is 2.50. The van der Waals surface area contributed by atoms with Gasteiger partial charge < -0.3 is 19.3 Å². The predicted octanol–water partition coefficient (Wildman–Crippen LogP) is -0.455. The van der Waals surface area contributed by atoms with E-state index in [2.05, 4.69) is 4.98 Å². The quantitative estimate of drug-likeness (QED) is 0.689. The van der Waals surface area contributed by atoms with Crippen LogP contribution >= 0.6 is 0 Å². The van der Waals surface area contributed by atoms with Gasteiger partial charge in [0, 0.05) is 18.9 Å². The second-order valence-corrected chi connectivity index (χ2v) is 5.27. The molecule has 0 bridgehead atoms. The normalized spacial score (nSPS) is 28.2. The number of aliphatic hydroxyl groups excluding tert-OH is 1. The molecule has 1 fully saturated rings. The molecule has 0 aliphatic carbocycles. The number of hydrogen-bond acceptors (Lipinski definition) is 6. The molecule has 0 spiro atoms. The average molecular weight is 314 g/mol. The Morgan fingerprint density at radius 2 is 2.14 bits per heavy atom. The van der Waals surface area contributed by atoms with Crippen molar-refractivity contribution < 1.29 is 19.3 Å². The number of aryl methyl sites for hydroxylation is 1. The number of H-pyrrole nitrogens is 1. The van der Waals surface area contributed by atoms with Gasteiger partial charge in [-0.2, -0.15) is 0 Å². The maximum atomic E-state index is 12.0. The number of nitrogens with zero attached hydrogens (tertiary/aromatic N) is 1. The predicted molar refractivity (Wildman–Crippen MR) is 77.9 cm³/mol. The van der Waals surface area contributed by atoms with E-state index in [4.69, 9.17) is 14.2 Å². The lowest BCUT2D eigenvalue weighted by molar-refractivity contribution is -0.0798. The van der Waals surface area contributed by atoms with Crippen LogP contribution in [0.2, 0.25) is 0 Å². The number of aliphatic hydroxyl groups is 1. The Morgan fingerprint density at radius 1 is 1.41 bits per heavy atom. The van der Waals surface area contributed by atoms with Gasteiger partial charge in [-0.05, 0) is 13.3 Å². The molecule has 1 saturated heterocycles. The Bertz CT molecular complexity index is 610. The zero-order chi connectivity index (χ0) is 16.3. The zero-order valence-electron chi connectivity index (χ0n) is 12.9. The molecule has 1 aliphatic rings. The minimum atomic E-state index is -0.856. The van der Waals surface area contributed by atoms with Gasteiger partial charge >= 0.3 is 5.69 Å². The SMILES string of the molecule is CCC1OC(n2cc(C)c(=O)[nH]c2=O)C(OCCOC)C1O. The number of methoxy groups -OCH3 is 1. The highest BCUT2D eigenvalue weighted by atomic mass is 16.6. The second kappa shape index (κ2) is 7.19. The van der Waals surface area contributed by atoms with Crippen LogP contribution in [-0.2, 0) is 14.2 Å². The number of ether oxygens (including phenoxy) is 3. The van der Waals surface area contributed by atoms with Crippen molar-refractivity contribution in [2.75, 3.05) is 20.3 Å². The molecule has 4 unspecified atom stereocenters. The summed E-state index contributed by atoms with van der Waals surface area (Å²) < 4.78 is 17.6. The molecule has 8 heteroatoms. The fourth-order valence-corrected chi connectivity index (χ4v) is 2.50. The summed E-state index contributed by atoms with van der Waals surface area (Å²) in [5.41, 5.74) is -0.651. The van der Waals surface area contributed by atoms with Crippen molar-refractivity contribution in [3.05, 3.63) is 32.6 Å². The molecule has 0 aromatic carbocycles. The lowest BCUT2D eigenvalue weighted by Crippen LogP contribution is -2.40. The fraction of sp³-hybridized carbons (Fsp3) is 0.714. The van der Waals surface area contributed by atoms with Crippen LogP contribution in [0.3, 0.4) is 0 Å². The molecule has 0 saturated carbocycles. The van der Waals surface area contributed by atoms with Gasteiger partial charge in [0.1, 0.15) is 12.2 Å². The molecule has 124 valence electrons. The summed E-state index contributed by atoms with van der Waals surface area (Å²) in [6, 6.07) is 0. The van der Waals surface area contributed by atoms with Crippen molar-refractivity contribution in [1.82, 2.24) is 9.55 Å². The maximum absolute atomic E-state index is 12.0. The molecule has 2 N–H and O–H groups in total.